The van der Waals surface area contributed by atoms with Crippen LogP contribution in [0.15, 0.2) is 24.4 Å². The van der Waals surface area contributed by atoms with Crippen molar-refractivity contribution in [3.8, 4) is 0 Å². The van der Waals surface area contributed by atoms with Gasteiger partial charge in [-0.2, -0.15) is 0 Å². The standard InChI is InChI=1S/C11H11FN2O.C2H6/c1-13-6-11(15)9-5-14-10-3-2-7(12)4-8(9)10;1-2/h2-5,13-14H,6H2,1H3;1-2H3. The molecule has 0 fully saturated rings. The van der Waals surface area contributed by atoms with Crippen molar-refractivity contribution in [2.45, 2.75) is 13.8 Å². The summed E-state index contributed by atoms with van der Waals surface area (Å²) in [6, 6.07) is 4.36. The summed E-state index contributed by atoms with van der Waals surface area (Å²) in [5.74, 6) is -0.380. The van der Waals surface area contributed by atoms with Crippen molar-refractivity contribution in [2.75, 3.05) is 13.6 Å². The zero-order valence-electron chi connectivity index (χ0n) is 10.3. The number of hydrogen-bond acceptors (Lipinski definition) is 2. The third-order valence-electron chi connectivity index (χ3n) is 2.28. The van der Waals surface area contributed by atoms with Crippen LogP contribution in [0.5, 0.6) is 0 Å². The highest BCUT2D eigenvalue weighted by Crippen LogP contribution is 2.19. The maximum atomic E-state index is 13.0. The molecule has 1 heterocycles. The third-order valence-corrected chi connectivity index (χ3v) is 2.28. The first-order valence-corrected chi connectivity index (χ1v) is 5.67. The lowest BCUT2D eigenvalue weighted by atomic mass is 10.1. The SMILES string of the molecule is CC.CNCC(=O)c1c[nH]c2ccc(F)cc12. The van der Waals surface area contributed by atoms with Gasteiger partial charge in [-0.25, -0.2) is 4.39 Å². The van der Waals surface area contributed by atoms with Crippen LogP contribution in [0.25, 0.3) is 10.9 Å². The molecular formula is C13H17FN2O. The minimum atomic E-state index is -0.333. The van der Waals surface area contributed by atoms with E-state index in [0.717, 1.165) is 5.52 Å². The number of H-pyrrole nitrogens is 1. The molecule has 92 valence electrons. The van der Waals surface area contributed by atoms with Crippen LogP contribution in [-0.4, -0.2) is 24.4 Å². The average Bonchev–Trinajstić information content (AvgIpc) is 2.75. The van der Waals surface area contributed by atoms with Crippen LogP contribution in [0.4, 0.5) is 4.39 Å². The number of aromatic amines is 1. The van der Waals surface area contributed by atoms with E-state index in [-0.39, 0.29) is 18.1 Å². The Kier molecular flexibility index (Phi) is 4.84. The number of aromatic nitrogens is 1. The third kappa shape index (κ3) is 2.91. The number of ketones is 1. The number of halogens is 1. The molecule has 0 saturated heterocycles. The van der Waals surface area contributed by atoms with Crippen molar-refractivity contribution < 1.29 is 9.18 Å². The molecule has 4 heteroatoms. The largest absolute Gasteiger partial charge is 0.360 e. The molecule has 0 unspecified atom stereocenters. The van der Waals surface area contributed by atoms with Gasteiger partial charge in [-0.15, -0.1) is 0 Å². The number of carbonyl (C=O) groups is 1. The minimum Gasteiger partial charge on any atom is -0.360 e. The number of nitrogens with one attached hydrogen (secondary N) is 2. The molecular weight excluding hydrogens is 219 g/mol. The molecule has 0 radical (unpaired) electrons. The Hall–Kier alpha value is -1.68. The van der Waals surface area contributed by atoms with Gasteiger partial charge < -0.3 is 10.3 Å². The van der Waals surface area contributed by atoms with Crippen molar-refractivity contribution in [3.63, 3.8) is 0 Å². The Labute approximate surface area is 100 Å². The van der Waals surface area contributed by atoms with Gasteiger partial charge in [0.2, 0.25) is 0 Å². The van der Waals surface area contributed by atoms with E-state index in [1.165, 1.54) is 12.1 Å². The van der Waals surface area contributed by atoms with Gasteiger partial charge in [-0.3, -0.25) is 4.79 Å². The van der Waals surface area contributed by atoms with Crippen LogP contribution in [0, 0.1) is 5.82 Å². The lowest BCUT2D eigenvalue weighted by molar-refractivity contribution is 0.0995. The van der Waals surface area contributed by atoms with Crippen LogP contribution in [-0.2, 0) is 0 Å². The molecule has 0 bridgehead atoms. The first kappa shape index (κ1) is 13.4. The summed E-state index contributed by atoms with van der Waals surface area (Å²) in [6.45, 7) is 4.25. The highest BCUT2D eigenvalue weighted by molar-refractivity contribution is 6.08. The van der Waals surface area contributed by atoms with Crippen LogP contribution in [0.2, 0.25) is 0 Å². The maximum absolute atomic E-state index is 13.0. The zero-order valence-corrected chi connectivity index (χ0v) is 10.3. The van der Waals surface area contributed by atoms with Gasteiger partial charge in [-0.1, -0.05) is 13.8 Å². The monoisotopic (exact) mass is 236 g/mol. The minimum absolute atomic E-state index is 0.0469. The van der Waals surface area contributed by atoms with Crippen molar-refractivity contribution in [2.24, 2.45) is 0 Å². The van der Waals surface area contributed by atoms with Gasteiger partial charge >= 0.3 is 0 Å². The van der Waals surface area contributed by atoms with Gasteiger partial charge in [0.05, 0.1) is 6.54 Å². The number of likely N-dealkylation sites (N-methyl/N-ethyl adjacent to an activating group) is 1. The number of Topliss-reactive ketones (excluding diaryl/α,β-unsaturated/α-hetero) is 1. The van der Waals surface area contributed by atoms with Gasteiger partial charge in [0.1, 0.15) is 5.82 Å². The van der Waals surface area contributed by atoms with Gasteiger partial charge in [0.25, 0.3) is 0 Å². The fraction of sp³-hybridized carbons (Fsp3) is 0.308. The highest BCUT2D eigenvalue weighted by atomic mass is 19.1. The molecule has 0 aliphatic heterocycles. The topological polar surface area (TPSA) is 44.9 Å². The van der Waals surface area contributed by atoms with E-state index in [1.807, 2.05) is 13.8 Å². The molecule has 1 aromatic carbocycles. The van der Waals surface area contributed by atoms with E-state index < -0.39 is 0 Å². The predicted octanol–water partition coefficient (Wildman–Crippen LogP) is 2.74. The van der Waals surface area contributed by atoms with Crippen LogP contribution in [0.3, 0.4) is 0 Å². The summed E-state index contributed by atoms with van der Waals surface area (Å²) in [5, 5.41) is 3.41. The summed E-state index contributed by atoms with van der Waals surface area (Å²) in [5.41, 5.74) is 1.30. The van der Waals surface area contributed by atoms with Crippen LogP contribution >= 0.6 is 0 Å². The first-order chi connectivity index (χ1) is 8.22. The second-order valence-electron chi connectivity index (χ2n) is 3.35. The molecule has 0 aliphatic carbocycles. The fourth-order valence-electron chi connectivity index (χ4n) is 1.58. The molecule has 2 rings (SSSR count). The Balaban J connectivity index is 0.000000686. The lowest BCUT2D eigenvalue weighted by Crippen LogP contribution is -2.18. The van der Waals surface area contributed by atoms with Crippen molar-refractivity contribution in [1.29, 1.82) is 0 Å². The van der Waals surface area contributed by atoms with Crippen LogP contribution in [0.1, 0.15) is 24.2 Å². The second kappa shape index (κ2) is 6.15. The van der Waals surface area contributed by atoms with E-state index >= 15 is 0 Å². The number of fused-ring (bicyclic) bond motifs is 1. The van der Waals surface area contributed by atoms with E-state index in [2.05, 4.69) is 10.3 Å². The summed E-state index contributed by atoms with van der Waals surface area (Å²) in [4.78, 5) is 14.6. The predicted molar refractivity (Wildman–Crippen MR) is 67.9 cm³/mol. The van der Waals surface area contributed by atoms with E-state index in [0.29, 0.717) is 10.9 Å². The van der Waals surface area contributed by atoms with Gasteiger partial charge in [0.15, 0.2) is 5.78 Å². The Morgan fingerprint density at radius 2 is 2.12 bits per heavy atom. The number of hydrogen-bond donors (Lipinski definition) is 2. The molecule has 17 heavy (non-hydrogen) atoms. The molecule has 0 spiro atoms. The number of benzene rings is 1. The number of carbonyl (C=O) groups excluding carboxylic acids is 1. The maximum Gasteiger partial charge on any atom is 0.178 e. The molecule has 2 aromatic rings. The van der Waals surface area contributed by atoms with Gasteiger partial charge in [0, 0.05) is 22.7 Å². The zero-order chi connectivity index (χ0) is 12.8. The molecule has 2 N–H and O–H groups in total. The normalized spacial score (nSPS) is 9.88. The summed E-state index contributed by atoms with van der Waals surface area (Å²) in [6.07, 6.45) is 1.61. The van der Waals surface area contributed by atoms with Crippen LogP contribution < -0.4 is 5.32 Å². The summed E-state index contributed by atoms with van der Waals surface area (Å²) in [7, 11) is 1.70. The van der Waals surface area contributed by atoms with E-state index in [4.69, 9.17) is 0 Å². The quantitative estimate of drug-likeness (QED) is 0.805. The average molecular weight is 236 g/mol. The molecule has 0 saturated carbocycles. The first-order valence-electron chi connectivity index (χ1n) is 5.67. The highest BCUT2D eigenvalue weighted by Gasteiger charge is 2.11. The lowest BCUT2D eigenvalue weighted by Gasteiger charge is -1.97. The van der Waals surface area contributed by atoms with E-state index in [9.17, 15) is 9.18 Å². The summed E-state index contributed by atoms with van der Waals surface area (Å²) >= 11 is 0. The Morgan fingerprint density at radius 1 is 1.41 bits per heavy atom. The van der Waals surface area contributed by atoms with E-state index in [1.54, 1.807) is 19.3 Å². The fourth-order valence-corrected chi connectivity index (χ4v) is 1.58. The molecule has 0 amide bonds. The smallest absolute Gasteiger partial charge is 0.178 e. The Morgan fingerprint density at radius 3 is 2.76 bits per heavy atom. The van der Waals surface area contributed by atoms with Gasteiger partial charge in [-0.05, 0) is 25.2 Å². The van der Waals surface area contributed by atoms with Crippen molar-refractivity contribution in [3.05, 3.63) is 35.8 Å². The Bertz CT molecular complexity index is 505. The molecule has 0 atom stereocenters. The molecule has 0 aliphatic rings. The number of rotatable bonds is 3. The molecule has 3 nitrogen and oxygen atoms in total. The second-order valence-corrected chi connectivity index (χ2v) is 3.35. The van der Waals surface area contributed by atoms with Crippen molar-refractivity contribution in [1.82, 2.24) is 10.3 Å². The summed E-state index contributed by atoms with van der Waals surface area (Å²) < 4.78 is 13.0. The molecule has 1 aromatic heterocycles. The van der Waals surface area contributed by atoms with Crippen molar-refractivity contribution >= 4 is 16.7 Å².